The van der Waals surface area contributed by atoms with Crippen LogP contribution < -0.4 is 15.4 Å². The third-order valence-electron chi connectivity index (χ3n) is 9.79. The molecular weight excluding hydrogens is 586 g/mol. The van der Waals surface area contributed by atoms with Gasteiger partial charge in [-0.1, -0.05) is 0 Å². The molecule has 3 saturated heterocycles. The number of hydrogen-bond acceptors (Lipinski definition) is 11. The van der Waals surface area contributed by atoms with Gasteiger partial charge in [0.05, 0.1) is 40.8 Å². The zero-order valence-electron chi connectivity index (χ0n) is 24.6. The summed E-state index contributed by atoms with van der Waals surface area (Å²) in [5.41, 5.74) is 8.01. The highest BCUT2D eigenvalue weighted by Crippen LogP contribution is 2.48. The van der Waals surface area contributed by atoms with Crippen molar-refractivity contribution in [1.29, 1.82) is 5.26 Å². The summed E-state index contributed by atoms with van der Waals surface area (Å²) in [6.07, 6.45) is 5.22. The van der Waals surface area contributed by atoms with Crippen LogP contribution in [0.15, 0.2) is 6.20 Å². The molecule has 13 heteroatoms. The number of likely N-dealkylation sites (tertiary alicyclic amines) is 2. The average Bonchev–Trinajstić information content (AvgIpc) is 3.78. The predicted molar refractivity (Wildman–Crippen MR) is 164 cm³/mol. The summed E-state index contributed by atoms with van der Waals surface area (Å²) in [4.78, 5) is 21.0. The second-order valence-electron chi connectivity index (χ2n) is 12.4. The fourth-order valence-corrected chi connectivity index (χ4v) is 8.62. The summed E-state index contributed by atoms with van der Waals surface area (Å²) < 4.78 is 44.5. The third kappa shape index (κ3) is 4.15. The lowest BCUT2D eigenvalue weighted by Gasteiger charge is -2.41. The van der Waals surface area contributed by atoms with Gasteiger partial charge in [-0.3, -0.25) is 4.98 Å². The van der Waals surface area contributed by atoms with E-state index in [-0.39, 0.29) is 74.8 Å². The van der Waals surface area contributed by atoms with E-state index < -0.39 is 11.6 Å². The summed E-state index contributed by atoms with van der Waals surface area (Å²) in [6.45, 7) is 3.56. The molecule has 44 heavy (non-hydrogen) atoms. The van der Waals surface area contributed by atoms with Crippen molar-refractivity contribution in [2.75, 3.05) is 51.0 Å². The molecule has 3 atom stereocenters. The molecule has 7 heterocycles. The van der Waals surface area contributed by atoms with Crippen LogP contribution in [0.2, 0.25) is 0 Å². The summed E-state index contributed by atoms with van der Waals surface area (Å²) in [6, 6.07) is 2.90. The van der Waals surface area contributed by atoms with Crippen LogP contribution in [-0.4, -0.2) is 83.2 Å². The molecule has 10 nitrogen and oxygen atoms in total. The number of rotatable bonds is 5. The topological polar surface area (TPSA) is 117 Å². The number of likely N-dealkylation sites (N-methyl/N-ethyl adjacent to an activating group) is 2. The summed E-state index contributed by atoms with van der Waals surface area (Å²) in [5, 5.41) is 10.9. The van der Waals surface area contributed by atoms with Gasteiger partial charge in [-0.15, -0.1) is 11.3 Å². The first-order valence-electron chi connectivity index (χ1n) is 15.0. The van der Waals surface area contributed by atoms with Crippen molar-refractivity contribution < 1.29 is 18.3 Å². The fraction of sp³-hybridized carbons (Fsp3) is 0.484. The van der Waals surface area contributed by atoms with E-state index in [0.29, 0.717) is 23.4 Å². The fourth-order valence-electron chi connectivity index (χ4n) is 7.70. The number of anilines is 2. The van der Waals surface area contributed by atoms with Crippen molar-refractivity contribution in [3.05, 3.63) is 34.5 Å². The number of nitrogens with two attached hydrogens (primary N) is 1. The molecule has 4 aliphatic heterocycles. The van der Waals surface area contributed by atoms with E-state index in [1.165, 1.54) is 0 Å². The van der Waals surface area contributed by atoms with Crippen LogP contribution in [0, 0.1) is 23.0 Å². The maximum absolute atomic E-state index is 17.2. The summed E-state index contributed by atoms with van der Waals surface area (Å²) >= 11 is 0.958. The lowest BCUT2D eigenvalue weighted by atomic mass is 9.93. The quantitative estimate of drug-likeness (QED) is 0.345. The number of thiophene rings is 1. The Bertz CT molecular complexity index is 1860. The standard InChI is InChI=1S/C31H32F2N8O2S/c1-39-10-15-5-6-16(11-39)41(15)30-24-20-14-42-13-19(20)22(26-23-18(8-34)29(35)44-28(23)21(32)9-36-26)25(33)27(24)37-31(38-30)43-12-17-4-3-7-40(17)2/h9,15-17H,3-7,10-14,35H2,1-2H3/t15?,16?,17-/m0/s1. The molecule has 0 amide bonds. The van der Waals surface area contributed by atoms with Gasteiger partial charge in [0.15, 0.2) is 11.6 Å². The molecule has 0 aliphatic carbocycles. The highest BCUT2D eigenvalue weighted by molar-refractivity contribution is 7.23. The summed E-state index contributed by atoms with van der Waals surface area (Å²) in [5.74, 6) is -0.558. The molecule has 2 unspecified atom stereocenters. The van der Waals surface area contributed by atoms with E-state index in [1.54, 1.807) is 0 Å². The van der Waals surface area contributed by atoms with Crippen LogP contribution >= 0.6 is 11.3 Å². The number of nitrogen functional groups attached to an aromatic ring is 1. The molecule has 1 aromatic carbocycles. The van der Waals surface area contributed by atoms with Gasteiger partial charge in [0.1, 0.15) is 29.0 Å². The van der Waals surface area contributed by atoms with Crippen LogP contribution in [0.4, 0.5) is 19.6 Å². The van der Waals surface area contributed by atoms with Crippen LogP contribution in [0.1, 0.15) is 42.4 Å². The Labute approximate surface area is 257 Å². The van der Waals surface area contributed by atoms with Gasteiger partial charge < -0.3 is 29.9 Å². The molecule has 2 N–H and O–H groups in total. The molecule has 0 spiro atoms. The first-order chi connectivity index (χ1) is 21.3. The number of pyridine rings is 1. The Morgan fingerprint density at radius 2 is 1.89 bits per heavy atom. The second-order valence-corrected chi connectivity index (χ2v) is 13.5. The Morgan fingerprint density at radius 1 is 1.11 bits per heavy atom. The number of fused-ring (bicyclic) bond motifs is 6. The lowest BCUT2D eigenvalue weighted by molar-refractivity contribution is 0.135. The highest BCUT2D eigenvalue weighted by Gasteiger charge is 2.42. The predicted octanol–water partition coefficient (Wildman–Crippen LogP) is 4.42. The molecule has 3 aromatic heterocycles. The molecule has 2 bridgehead atoms. The van der Waals surface area contributed by atoms with E-state index in [1.807, 2.05) is 0 Å². The maximum Gasteiger partial charge on any atom is 0.319 e. The molecule has 0 radical (unpaired) electrons. The minimum Gasteiger partial charge on any atom is -0.462 e. The Morgan fingerprint density at radius 3 is 2.61 bits per heavy atom. The van der Waals surface area contributed by atoms with Crippen LogP contribution in [-0.2, 0) is 18.0 Å². The van der Waals surface area contributed by atoms with E-state index in [0.717, 1.165) is 68.4 Å². The Balaban J connectivity index is 1.38. The Hall–Kier alpha value is -3.70. The number of halogens is 2. The van der Waals surface area contributed by atoms with Crippen molar-refractivity contribution in [2.24, 2.45) is 0 Å². The van der Waals surface area contributed by atoms with Crippen molar-refractivity contribution in [3.63, 3.8) is 0 Å². The molecular formula is C31H32F2N8O2S. The molecule has 4 aromatic rings. The smallest absolute Gasteiger partial charge is 0.319 e. The van der Waals surface area contributed by atoms with E-state index in [9.17, 15) is 9.65 Å². The van der Waals surface area contributed by atoms with Gasteiger partial charge in [-0.2, -0.15) is 15.2 Å². The molecule has 228 valence electrons. The number of benzene rings is 1. The van der Waals surface area contributed by atoms with Gasteiger partial charge >= 0.3 is 6.01 Å². The van der Waals surface area contributed by atoms with Crippen LogP contribution in [0.5, 0.6) is 6.01 Å². The number of aromatic nitrogens is 3. The monoisotopic (exact) mass is 618 g/mol. The van der Waals surface area contributed by atoms with Crippen LogP contribution in [0.25, 0.3) is 32.2 Å². The first-order valence-corrected chi connectivity index (χ1v) is 15.8. The first kappa shape index (κ1) is 27.8. The number of nitriles is 1. The highest BCUT2D eigenvalue weighted by atomic mass is 32.1. The van der Waals surface area contributed by atoms with Crippen LogP contribution in [0.3, 0.4) is 0 Å². The average molecular weight is 619 g/mol. The van der Waals surface area contributed by atoms with Gasteiger partial charge in [-0.05, 0) is 57.5 Å². The second kappa shape index (κ2) is 10.4. The maximum atomic E-state index is 17.2. The minimum absolute atomic E-state index is 0.0845. The number of ether oxygens (including phenoxy) is 2. The third-order valence-corrected chi connectivity index (χ3v) is 10.8. The van der Waals surface area contributed by atoms with Crippen molar-refractivity contribution in [3.8, 4) is 23.3 Å². The number of hydrogen-bond donors (Lipinski definition) is 1. The SMILES string of the molecule is CN1CC2CCC(C1)N2c1nc(OC[C@@H]2CCCN2C)nc2c(F)c(-c3ncc(F)c4sc(N)c(C#N)c34)c3c(c12)COC3. The Kier molecular flexibility index (Phi) is 6.60. The van der Waals surface area contributed by atoms with Gasteiger partial charge in [0.25, 0.3) is 0 Å². The zero-order valence-corrected chi connectivity index (χ0v) is 25.4. The van der Waals surface area contributed by atoms with Gasteiger partial charge in [0.2, 0.25) is 0 Å². The molecule has 4 aliphatic rings. The van der Waals surface area contributed by atoms with Crippen molar-refractivity contribution in [2.45, 2.75) is 57.0 Å². The van der Waals surface area contributed by atoms with Gasteiger partial charge in [-0.25, -0.2) is 8.78 Å². The normalized spacial score (nSPS) is 23.6. The van der Waals surface area contributed by atoms with E-state index in [2.05, 4.69) is 39.8 Å². The zero-order chi connectivity index (χ0) is 30.3. The van der Waals surface area contributed by atoms with E-state index >= 15 is 4.39 Å². The molecule has 8 rings (SSSR count). The summed E-state index contributed by atoms with van der Waals surface area (Å²) in [7, 11) is 4.21. The lowest BCUT2D eigenvalue weighted by Crippen LogP contribution is -2.53. The van der Waals surface area contributed by atoms with Crippen molar-refractivity contribution >= 4 is 43.1 Å². The van der Waals surface area contributed by atoms with E-state index in [4.69, 9.17) is 25.2 Å². The molecule has 3 fully saturated rings. The van der Waals surface area contributed by atoms with Crippen molar-refractivity contribution in [1.82, 2.24) is 24.8 Å². The number of piperazine rings is 1. The minimum atomic E-state index is -0.619. The largest absolute Gasteiger partial charge is 0.462 e. The van der Waals surface area contributed by atoms with Gasteiger partial charge in [0, 0.05) is 42.2 Å². The number of nitrogens with zero attached hydrogens (tertiary/aromatic N) is 7. The molecule has 0 saturated carbocycles.